The van der Waals surface area contributed by atoms with Crippen molar-refractivity contribution in [2.45, 2.75) is 32.1 Å². The lowest BCUT2D eigenvalue weighted by atomic mass is 9.72. The summed E-state index contributed by atoms with van der Waals surface area (Å²) in [5.74, 6) is 0. The van der Waals surface area contributed by atoms with Crippen molar-refractivity contribution < 1.29 is 0 Å². The number of fused-ring (bicyclic) bond motifs is 1. The van der Waals surface area contributed by atoms with Crippen LogP contribution in [0.3, 0.4) is 0 Å². The Morgan fingerprint density at radius 3 is 2.50 bits per heavy atom. The van der Waals surface area contributed by atoms with E-state index in [1.165, 1.54) is 27.8 Å². The summed E-state index contributed by atoms with van der Waals surface area (Å²) >= 11 is 0. The van der Waals surface area contributed by atoms with E-state index in [2.05, 4.69) is 68.5 Å². The Bertz CT molecular complexity index is 877. The summed E-state index contributed by atoms with van der Waals surface area (Å²) in [7, 11) is 0. The molecule has 1 nitrogen and oxygen atoms in total. The van der Waals surface area contributed by atoms with E-state index in [0.717, 1.165) is 18.5 Å². The molecule has 0 heterocycles. The van der Waals surface area contributed by atoms with Crippen molar-refractivity contribution >= 4 is 11.3 Å². The third kappa shape index (κ3) is 2.32. The summed E-state index contributed by atoms with van der Waals surface area (Å²) in [5, 5.41) is 0. The molecule has 4 rings (SSSR count). The number of rotatable bonds is 1. The Labute approximate surface area is 144 Å². The maximum absolute atomic E-state index is 5.89. The molecule has 2 aliphatic rings. The lowest BCUT2D eigenvalue weighted by Crippen LogP contribution is -2.23. The zero-order valence-corrected chi connectivity index (χ0v) is 14.3. The summed E-state index contributed by atoms with van der Waals surface area (Å²) in [4.78, 5) is 0. The van der Waals surface area contributed by atoms with Gasteiger partial charge in [-0.3, -0.25) is 0 Å². The van der Waals surface area contributed by atoms with Crippen LogP contribution in [-0.4, -0.2) is 0 Å². The van der Waals surface area contributed by atoms with Gasteiger partial charge in [-0.2, -0.15) is 0 Å². The van der Waals surface area contributed by atoms with E-state index >= 15 is 0 Å². The molecule has 0 saturated carbocycles. The first-order valence-corrected chi connectivity index (χ1v) is 8.65. The molecule has 2 aliphatic carbocycles. The van der Waals surface area contributed by atoms with Gasteiger partial charge in [-0.15, -0.1) is 0 Å². The van der Waals surface area contributed by atoms with Gasteiger partial charge in [0.15, 0.2) is 0 Å². The third-order valence-corrected chi connectivity index (χ3v) is 5.37. The summed E-state index contributed by atoms with van der Waals surface area (Å²) < 4.78 is 0. The topological polar surface area (TPSA) is 26.0 Å². The van der Waals surface area contributed by atoms with Gasteiger partial charge < -0.3 is 5.73 Å². The SMILES string of the molecule is CC1(C)C2=C(C=CCC2)C=C(c2ccc(N)cc2)c2ccccc21. The van der Waals surface area contributed by atoms with Gasteiger partial charge in [-0.05, 0) is 58.9 Å². The summed E-state index contributed by atoms with van der Waals surface area (Å²) in [5.41, 5.74) is 14.9. The zero-order chi connectivity index (χ0) is 16.7. The van der Waals surface area contributed by atoms with Crippen LogP contribution in [0.4, 0.5) is 5.69 Å². The number of anilines is 1. The Morgan fingerprint density at radius 1 is 0.958 bits per heavy atom. The molecule has 120 valence electrons. The quantitative estimate of drug-likeness (QED) is 0.678. The summed E-state index contributed by atoms with van der Waals surface area (Å²) in [6, 6.07) is 17.1. The van der Waals surface area contributed by atoms with Crippen LogP contribution in [-0.2, 0) is 5.41 Å². The Balaban J connectivity index is 2.01. The molecule has 2 N–H and O–H groups in total. The molecule has 0 radical (unpaired) electrons. The molecule has 0 aromatic heterocycles. The van der Waals surface area contributed by atoms with E-state index in [1.54, 1.807) is 5.57 Å². The second kappa shape index (κ2) is 5.52. The number of hydrogen-bond acceptors (Lipinski definition) is 1. The number of benzene rings is 2. The number of allylic oxidation sites excluding steroid dienone is 5. The Hall–Kier alpha value is -2.54. The van der Waals surface area contributed by atoms with Gasteiger partial charge in [0.05, 0.1) is 0 Å². The molecule has 0 aliphatic heterocycles. The second-order valence-corrected chi connectivity index (χ2v) is 7.23. The Morgan fingerprint density at radius 2 is 1.71 bits per heavy atom. The minimum Gasteiger partial charge on any atom is -0.399 e. The predicted molar refractivity (Wildman–Crippen MR) is 103 cm³/mol. The number of hydrogen-bond donors (Lipinski definition) is 1. The molecule has 0 saturated heterocycles. The highest BCUT2D eigenvalue weighted by atomic mass is 14.5. The smallest absolute Gasteiger partial charge is 0.0314 e. The molecule has 0 unspecified atom stereocenters. The maximum atomic E-state index is 5.89. The van der Waals surface area contributed by atoms with Crippen LogP contribution in [0, 0.1) is 0 Å². The minimum atomic E-state index is 0.0444. The molecule has 24 heavy (non-hydrogen) atoms. The van der Waals surface area contributed by atoms with Crippen LogP contribution < -0.4 is 5.73 Å². The first-order chi connectivity index (χ1) is 11.6. The maximum Gasteiger partial charge on any atom is 0.0314 e. The van der Waals surface area contributed by atoms with E-state index in [-0.39, 0.29) is 5.41 Å². The first-order valence-electron chi connectivity index (χ1n) is 8.65. The second-order valence-electron chi connectivity index (χ2n) is 7.23. The molecular formula is C23H23N. The average molecular weight is 313 g/mol. The van der Waals surface area contributed by atoms with Gasteiger partial charge in [-0.1, -0.05) is 68.0 Å². The minimum absolute atomic E-state index is 0.0444. The molecule has 0 amide bonds. The lowest BCUT2D eigenvalue weighted by molar-refractivity contribution is 0.586. The summed E-state index contributed by atoms with van der Waals surface area (Å²) in [6.45, 7) is 4.72. The number of nitrogen functional groups attached to an aromatic ring is 1. The van der Waals surface area contributed by atoms with Crippen molar-refractivity contribution in [1.29, 1.82) is 0 Å². The third-order valence-electron chi connectivity index (χ3n) is 5.37. The van der Waals surface area contributed by atoms with E-state index in [1.807, 2.05) is 12.1 Å². The van der Waals surface area contributed by atoms with E-state index in [4.69, 9.17) is 5.73 Å². The molecule has 2 aromatic carbocycles. The predicted octanol–water partition coefficient (Wildman–Crippen LogP) is 5.64. The van der Waals surface area contributed by atoms with E-state index in [9.17, 15) is 0 Å². The lowest BCUT2D eigenvalue weighted by Gasteiger charge is -2.32. The monoisotopic (exact) mass is 313 g/mol. The fourth-order valence-corrected chi connectivity index (χ4v) is 4.05. The molecule has 0 bridgehead atoms. The largest absolute Gasteiger partial charge is 0.399 e. The molecule has 0 spiro atoms. The molecular weight excluding hydrogens is 290 g/mol. The van der Waals surface area contributed by atoms with Crippen molar-refractivity contribution in [1.82, 2.24) is 0 Å². The van der Waals surface area contributed by atoms with Gasteiger partial charge in [0, 0.05) is 11.1 Å². The van der Waals surface area contributed by atoms with Gasteiger partial charge in [-0.25, -0.2) is 0 Å². The van der Waals surface area contributed by atoms with Crippen LogP contribution in [0.25, 0.3) is 5.57 Å². The van der Waals surface area contributed by atoms with Crippen molar-refractivity contribution in [3.63, 3.8) is 0 Å². The van der Waals surface area contributed by atoms with Gasteiger partial charge >= 0.3 is 0 Å². The highest BCUT2D eigenvalue weighted by Crippen LogP contribution is 2.45. The van der Waals surface area contributed by atoms with Crippen LogP contribution in [0.2, 0.25) is 0 Å². The van der Waals surface area contributed by atoms with Crippen LogP contribution in [0.5, 0.6) is 0 Å². The van der Waals surface area contributed by atoms with Crippen LogP contribution >= 0.6 is 0 Å². The molecule has 1 heteroatoms. The molecule has 0 atom stereocenters. The first kappa shape index (κ1) is 15.0. The van der Waals surface area contributed by atoms with E-state index in [0.29, 0.717) is 0 Å². The normalized spacial score (nSPS) is 18.5. The molecule has 0 fully saturated rings. The van der Waals surface area contributed by atoms with Gasteiger partial charge in [0.25, 0.3) is 0 Å². The van der Waals surface area contributed by atoms with E-state index < -0.39 is 0 Å². The van der Waals surface area contributed by atoms with Gasteiger partial charge in [0.1, 0.15) is 0 Å². The van der Waals surface area contributed by atoms with Crippen LogP contribution in [0.15, 0.2) is 77.9 Å². The molecule has 2 aromatic rings. The van der Waals surface area contributed by atoms with Crippen LogP contribution in [0.1, 0.15) is 43.4 Å². The standard InChI is InChI=1S/C23H23N/c1-23(2)21-9-5-3-7-17(21)15-20(16-11-13-18(24)14-12-16)19-8-4-6-10-22(19)23/h3-4,6-8,10-15H,5,9,24H2,1-2H3. The summed E-state index contributed by atoms with van der Waals surface area (Å²) in [6.07, 6.45) is 9.23. The fourth-order valence-electron chi connectivity index (χ4n) is 4.05. The highest BCUT2D eigenvalue weighted by Gasteiger charge is 2.33. The number of nitrogens with two attached hydrogens (primary N) is 1. The zero-order valence-electron chi connectivity index (χ0n) is 14.3. The van der Waals surface area contributed by atoms with Gasteiger partial charge in [0.2, 0.25) is 0 Å². The van der Waals surface area contributed by atoms with Crippen molar-refractivity contribution in [3.05, 3.63) is 94.6 Å². The van der Waals surface area contributed by atoms with Crippen molar-refractivity contribution in [2.24, 2.45) is 0 Å². The van der Waals surface area contributed by atoms with Crippen molar-refractivity contribution in [2.75, 3.05) is 5.73 Å². The Kier molecular flexibility index (Phi) is 3.45. The average Bonchev–Trinajstić information content (AvgIpc) is 2.70. The highest BCUT2D eigenvalue weighted by molar-refractivity contribution is 5.86. The fraction of sp³-hybridized carbons (Fsp3) is 0.217. The van der Waals surface area contributed by atoms with Crippen molar-refractivity contribution in [3.8, 4) is 0 Å².